The average Bonchev–Trinajstić information content (AvgIpc) is 3.21. The molecule has 3 N–H and O–H groups in total. The van der Waals surface area contributed by atoms with Gasteiger partial charge in [-0.15, -0.1) is 0 Å². The van der Waals surface area contributed by atoms with E-state index in [1.165, 1.54) is 0 Å². The number of para-hydroxylation sites is 1. The summed E-state index contributed by atoms with van der Waals surface area (Å²) in [7, 11) is 1.89. The molecule has 7 nitrogen and oxygen atoms in total. The summed E-state index contributed by atoms with van der Waals surface area (Å²) in [5.41, 5.74) is 8.60. The zero-order valence-corrected chi connectivity index (χ0v) is 12.8. The molecular weight excluding hydrogens is 292 g/mol. The SMILES string of the molecule is Cn1cnc(CNC(=O)c2ccccc2-n2cc(CN)cn2)c1. The average molecular weight is 310 g/mol. The molecule has 3 aromatic rings. The van der Waals surface area contributed by atoms with Crippen molar-refractivity contribution in [3.63, 3.8) is 0 Å². The molecular formula is C16H18N6O. The molecule has 0 spiro atoms. The van der Waals surface area contributed by atoms with Crippen LogP contribution in [0.15, 0.2) is 49.2 Å². The highest BCUT2D eigenvalue weighted by atomic mass is 16.1. The van der Waals surface area contributed by atoms with Crippen molar-refractivity contribution in [2.75, 3.05) is 0 Å². The highest BCUT2D eigenvalue weighted by molar-refractivity contribution is 5.97. The Morgan fingerprint density at radius 1 is 1.30 bits per heavy atom. The van der Waals surface area contributed by atoms with Gasteiger partial charge in [0.15, 0.2) is 0 Å². The topological polar surface area (TPSA) is 90.8 Å². The maximum atomic E-state index is 12.5. The number of rotatable bonds is 5. The molecule has 1 amide bonds. The lowest BCUT2D eigenvalue weighted by molar-refractivity contribution is 0.0950. The number of imidazole rings is 1. The minimum absolute atomic E-state index is 0.170. The van der Waals surface area contributed by atoms with Crippen LogP contribution >= 0.6 is 0 Å². The van der Waals surface area contributed by atoms with Crippen molar-refractivity contribution in [2.24, 2.45) is 12.8 Å². The second-order valence-corrected chi connectivity index (χ2v) is 5.23. The normalized spacial score (nSPS) is 10.7. The Morgan fingerprint density at radius 3 is 2.83 bits per heavy atom. The lowest BCUT2D eigenvalue weighted by Gasteiger charge is -2.09. The van der Waals surface area contributed by atoms with Gasteiger partial charge in [-0.25, -0.2) is 9.67 Å². The van der Waals surface area contributed by atoms with E-state index in [0.717, 1.165) is 11.3 Å². The Hall–Kier alpha value is -2.93. The molecule has 0 radical (unpaired) electrons. The summed E-state index contributed by atoms with van der Waals surface area (Å²) in [4.78, 5) is 16.7. The van der Waals surface area contributed by atoms with E-state index in [1.54, 1.807) is 23.3 Å². The van der Waals surface area contributed by atoms with Crippen LogP contribution in [0.4, 0.5) is 0 Å². The number of nitrogens with zero attached hydrogens (tertiary/aromatic N) is 4. The molecule has 0 atom stereocenters. The van der Waals surface area contributed by atoms with Crippen LogP contribution in [0, 0.1) is 0 Å². The van der Waals surface area contributed by atoms with Crippen molar-refractivity contribution < 1.29 is 4.79 Å². The van der Waals surface area contributed by atoms with Crippen LogP contribution in [0.25, 0.3) is 5.69 Å². The molecule has 0 bridgehead atoms. The third-order valence-corrected chi connectivity index (χ3v) is 3.46. The molecule has 0 saturated carbocycles. The van der Waals surface area contributed by atoms with Crippen LogP contribution in [-0.2, 0) is 20.1 Å². The van der Waals surface area contributed by atoms with Crippen molar-refractivity contribution in [1.82, 2.24) is 24.6 Å². The highest BCUT2D eigenvalue weighted by Crippen LogP contribution is 2.14. The number of benzene rings is 1. The molecule has 0 aliphatic rings. The van der Waals surface area contributed by atoms with E-state index in [-0.39, 0.29) is 5.91 Å². The summed E-state index contributed by atoms with van der Waals surface area (Å²) in [5.74, 6) is -0.170. The van der Waals surface area contributed by atoms with Gasteiger partial charge in [-0.1, -0.05) is 12.1 Å². The highest BCUT2D eigenvalue weighted by Gasteiger charge is 2.13. The molecule has 2 heterocycles. The Kier molecular flexibility index (Phi) is 4.20. The number of hydrogen-bond acceptors (Lipinski definition) is 4. The van der Waals surface area contributed by atoms with Crippen LogP contribution < -0.4 is 11.1 Å². The van der Waals surface area contributed by atoms with Crippen LogP contribution in [0.1, 0.15) is 21.6 Å². The first-order chi connectivity index (χ1) is 11.2. The van der Waals surface area contributed by atoms with Gasteiger partial charge >= 0.3 is 0 Å². The van der Waals surface area contributed by atoms with Gasteiger partial charge in [0.05, 0.1) is 36.0 Å². The van der Waals surface area contributed by atoms with Crippen molar-refractivity contribution in [2.45, 2.75) is 13.1 Å². The second kappa shape index (κ2) is 6.45. The van der Waals surface area contributed by atoms with Crippen LogP contribution in [0.5, 0.6) is 0 Å². The number of amides is 1. The number of aryl methyl sites for hydroxylation is 1. The van der Waals surface area contributed by atoms with E-state index in [4.69, 9.17) is 5.73 Å². The maximum Gasteiger partial charge on any atom is 0.253 e. The van der Waals surface area contributed by atoms with Crippen molar-refractivity contribution >= 4 is 5.91 Å². The predicted octanol–water partition coefficient (Wildman–Crippen LogP) is 0.994. The zero-order chi connectivity index (χ0) is 16.2. The Morgan fingerprint density at radius 2 is 2.13 bits per heavy atom. The van der Waals surface area contributed by atoms with Gasteiger partial charge in [0.25, 0.3) is 5.91 Å². The molecule has 0 aliphatic carbocycles. The number of nitrogens with one attached hydrogen (secondary N) is 1. The summed E-state index contributed by atoms with van der Waals surface area (Å²) in [6, 6.07) is 7.32. The van der Waals surface area contributed by atoms with E-state index >= 15 is 0 Å². The van der Waals surface area contributed by atoms with Gasteiger partial charge in [0, 0.05) is 31.5 Å². The summed E-state index contributed by atoms with van der Waals surface area (Å²) < 4.78 is 3.51. The molecule has 7 heteroatoms. The first-order valence-electron chi connectivity index (χ1n) is 7.25. The maximum absolute atomic E-state index is 12.5. The molecule has 23 heavy (non-hydrogen) atoms. The smallest absolute Gasteiger partial charge is 0.253 e. The largest absolute Gasteiger partial charge is 0.346 e. The minimum atomic E-state index is -0.170. The molecule has 0 unspecified atom stereocenters. The molecule has 0 saturated heterocycles. The quantitative estimate of drug-likeness (QED) is 0.735. The van der Waals surface area contributed by atoms with Gasteiger partial charge in [0.1, 0.15) is 0 Å². The Balaban J connectivity index is 1.80. The van der Waals surface area contributed by atoms with E-state index in [1.807, 2.05) is 42.2 Å². The first-order valence-corrected chi connectivity index (χ1v) is 7.25. The number of aromatic nitrogens is 4. The molecule has 118 valence electrons. The molecule has 0 fully saturated rings. The molecule has 3 rings (SSSR count). The van der Waals surface area contributed by atoms with Crippen LogP contribution in [-0.4, -0.2) is 25.2 Å². The van der Waals surface area contributed by atoms with E-state index in [0.29, 0.717) is 24.3 Å². The van der Waals surface area contributed by atoms with Crippen LogP contribution in [0.2, 0.25) is 0 Å². The molecule has 0 aliphatic heterocycles. The lowest BCUT2D eigenvalue weighted by Crippen LogP contribution is -2.24. The fourth-order valence-corrected chi connectivity index (χ4v) is 2.29. The summed E-state index contributed by atoms with van der Waals surface area (Å²) in [6.07, 6.45) is 7.09. The summed E-state index contributed by atoms with van der Waals surface area (Å²) in [5, 5.41) is 7.14. The van der Waals surface area contributed by atoms with E-state index in [9.17, 15) is 4.79 Å². The number of carbonyl (C=O) groups excluding carboxylic acids is 1. The Labute approximate surface area is 133 Å². The standard InChI is InChI=1S/C16H18N6O/c1-21-10-13(19-11-21)8-18-16(23)14-4-2-3-5-15(14)22-9-12(6-17)7-20-22/h2-5,7,9-11H,6,8,17H2,1H3,(H,18,23). The molecule has 1 aromatic carbocycles. The van der Waals surface area contributed by atoms with Crippen molar-refractivity contribution in [3.8, 4) is 5.69 Å². The van der Waals surface area contributed by atoms with Gasteiger partial charge in [-0.2, -0.15) is 5.10 Å². The van der Waals surface area contributed by atoms with Crippen molar-refractivity contribution in [1.29, 1.82) is 0 Å². The second-order valence-electron chi connectivity index (χ2n) is 5.23. The molecule has 2 aromatic heterocycles. The number of hydrogen-bond donors (Lipinski definition) is 2. The number of nitrogens with two attached hydrogens (primary N) is 1. The third kappa shape index (κ3) is 3.29. The van der Waals surface area contributed by atoms with Gasteiger partial charge < -0.3 is 15.6 Å². The summed E-state index contributed by atoms with van der Waals surface area (Å²) in [6.45, 7) is 0.787. The van der Waals surface area contributed by atoms with E-state index < -0.39 is 0 Å². The monoisotopic (exact) mass is 310 g/mol. The van der Waals surface area contributed by atoms with Gasteiger partial charge in [-0.05, 0) is 12.1 Å². The van der Waals surface area contributed by atoms with Crippen LogP contribution in [0.3, 0.4) is 0 Å². The third-order valence-electron chi connectivity index (χ3n) is 3.46. The van der Waals surface area contributed by atoms with E-state index in [2.05, 4.69) is 15.4 Å². The Bertz CT molecular complexity index is 819. The fraction of sp³-hybridized carbons (Fsp3) is 0.188. The summed E-state index contributed by atoms with van der Waals surface area (Å²) >= 11 is 0. The minimum Gasteiger partial charge on any atom is -0.346 e. The van der Waals surface area contributed by atoms with Gasteiger partial charge in [0.2, 0.25) is 0 Å². The van der Waals surface area contributed by atoms with Crippen molar-refractivity contribution in [3.05, 3.63) is 66.0 Å². The number of carbonyl (C=O) groups is 1. The fourth-order valence-electron chi connectivity index (χ4n) is 2.29. The first kappa shape index (κ1) is 15.0. The lowest BCUT2D eigenvalue weighted by atomic mass is 10.1. The van der Waals surface area contributed by atoms with Gasteiger partial charge in [-0.3, -0.25) is 4.79 Å². The zero-order valence-electron chi connectivity index (χ0n) is 12.8. The predicted molar refractivity (Wildman–Crippen MR) is 85.8 cm³/mol.